The van der Waals surface area contributed by atoms with E-state index in [1.165, 1.54) is 83.5 Å². The van der Waals surface area contributed by atoms with Crippen LogP contribution in [-0.4, -0.2) is 32.1 Å². The summed E-state index contributed by atoms with van der Waals surface area (Å²) in [4.78, 5) is 16.5. The fourth-order valence-electron chi connectivity index (χ4n) is 3.19. The maximum atomic E-state index is 11.5. The predicted octanol–water partition coefficient (Wildman–Crippen LogP) is 4.84. The van der Waals surface area contributed by atoms with Gasteiger partial charge in [-0.2, -0.15) is 5.48 Å². The smallest absolute Gasteiger partial charge is 0.324 e. The maximum absolute atomic E-state index is 11.5. The van der Waals surface area contributed by atoms with E-state index >= 15 is 0 Å². The molecule has 0 aliphatic rings. The molecule has 0 aromatic carbocycles. The molecule has 0 saturated heterocycles. The Morgan fingerprint density at radius 1 is 0.704 bits per heavy atom. The molecule has 0 aliphatic carbocycles. The average Bonchev–Trinajstić information content (AvgIpc) is 2.67. The number of carbonyl (C=O) groups excluding carboxylic acids is 1. The highest BCUT2D eigenvalue weighted by Gasteiger charge is 2.02. The van der Waals surface area contributed by atoms with E-state index in [0.717, 1.165) is 25.9 Å². The van der Waals surface area contributed by atoms with Crippen molar-refractivity contribution < 1.29 is 9.63 Å². The molecular weight excluding hydrogens is 338 g/mol. The van der Waals surface area contributed by atoms with Crippen molar-refractivity contribution in [2.24, 2.45) is 5.73 Å². The van der Waals surface area contributed by atoms with Gasteiger partial charge >= 0.3 is 5.97 Å². The van der Waals surface area contributed by atoms with E-state index in [-0.39, 0.29) is 5.97 Å². The number of nitrogens with one attached hydrogen (secondary N) is 2. The monoisotopic (exact) mass is 385 g/mol. The van der Waals surface area contributed by atoms with Gasteiger partial charge in [0.25, 0.3) is 0 Å². The Morgan fingerprint density at radius 3 is 1.67 bits per heavy atom. The molecule has 0 fully saturated rings. The van der Waals surface area contributed by atoms with Crippen LogP contribution in [0, 0.1) is 0 Å². The van der Waals surface area contributed by atoms with Gasteiger partial charge in [-0.1, -0.05) is 96.8 Å². The molecule has 0 amide bonds. The lowest BCUT2D eigenvalue weighted by atomic mass is 10.0. The Labute approximate surface area is 168 Å². The van der Waals surface area contributed by atoms with Gasteiger partial charge in [-0.15, -0.1) is 0 Å². The van der Waals surface area contributed by atoms with Gasteiger partial charge in [0.05, 0.1) is 0 Å². The first kappa shape index (κ1) is 26.4. The molecule has 0 spiro atoms. The van der Waals surface area contributed by atoms with E-state index in [2.05, 4.69) is 17.7 Å². The summed E-state index contributed by atoms with van der Waals surface area (Å²) < 4.78 is 0. The largest absolute Gasteiger partial charge is 0.371 e. The minimum atomic E-state index is -0.150. The molecule has 0 rings (SSSR count). The first-order chi connectivity index (χ1) is 13.3. The Hall–Kier alpha value is -0.650. The summed E-state index contributed by atoms with van der Waals surface area (Å²) in [5.41, 5.74) is 8.06. The Morgan fingerprint density at radius 2 is 1.19 bits per heavy atom. The number of unbranched alkanes of at least 4 members (excludes halogenated alkanes) is 14. The predicted molar refractivity (Wildman–Crippen MR) is 116 cm³/mol. The Kier molecular flexibility index (Phi) is 22.8. The van der Waals surface area contributed by atoms with Crippen LogP contribution in [-0.2, 0) is 9.63 Å². The van der Waals surface area contributed by atoms with Crippen LogP contribution in [0.4, 0.5) is 0 Å². The molecule has 27 heavy (non-hydrogen) atoms. The fraction of sp³-hybridized carbons (Fsp3) is 0.955. The van der Waals surface area contributed by atoms with Gasteiger partial charge in [0.2, 0.25) is 0 Å². The van der Waals surface area contributed by atoms with Crippen molar-refractivity contribution in [1.29, 1.82) is 0 Å². The highest BCUT2D eigenvalue weighted by molar-refractivity contribution is 5.68. The molecular formula is C22H47N3O2. The third kappa shape index (κ3) is 23.3. The fourth-order valence-corrected chi connectivity index (χ4v) is 3.19. The highest BCUT2D eigenvalue weighted by Crippen LogP contribution is 2.13. The van der Waals surface area contributed by atoms with Gasteiger partial charge in [0.15, 0.2) is 0 Å². The van der Waals surface area contributed by atoms with Crippen LogP contribution in [0.3, 0.4) is 0 Å². The van der Waals surface area contributed by atoms with Crippen molar-refractivity contribution in [3.8, 4) is 0 Å². The summed E-state index contributed by atoms with van der Waals surface area (Å²) in [5.74, 6) is -0.150. The van der Waals surface area contributed by atoms with Crippen LogP contribution in [0.2, 0.25) is 0 Å². The molecule has 0 bridgehead atoms. The van der Waals surface area contributed by atoms with E-state index in [4.69, 9.17) is 10.6 Å². The van der Waals surface area contributed by atoms with Crippen LogP contribution < -0.4 is 16.5 Å². The number of carbonyl (C=O) groups is 1. The molecule has 0 unspecified atom stereocenters. The van der Waals surface area contributed by atoms with Gasteiger partial charge in [-0.25, -0.2) is 0 Å². The molecule has 0 heterocycles. The first-order valence-corrected chi connectivity index (χ1v) is 11.6. The Bertz CT molecular complexity index is 301. The third-order valence-corrected chi connectivity index (χ3v) is 4.90. The number of nitrogens with two attached hydrogens (primary N) is 1. The zero-order chi connectivity index (χ0) is 19.8. The number of hydrogen-bond acceptors (Lipinski definition) is 5. The van der Waals surface area contributed by atoms with Crippen molar-refractivity contribution in [3.05, 3.63) is 0 Å². The number of hydroxylamine groups is 1. The second-order valence-electron chi connectivity index (χ2n) is 7.61. The van der Waals surface area contributed by atoms with E-state index in [1.807, 2.05) is 0 Å². The van der Waals surface area contributed by atoms with Gasteiger partial charge < -0.3 is 15.9 Å². The van der Waals surface area contributed by atoms with E-state index in [9.17, 15) is 4.79 Å². The third-order valence-electron chi connectivity index (χ3n) is 4.90. The maximum Gasteiger partial charge on any atom is 0.324 e. The van der Waals surface area contributed by atoms with Crippen LogP contribution >= 0.6 is 0 Å². The van der Waals surface area contributed by atoms with Crippen molar-refractivity contribution in [3.63, 3.8) is 0 Å². The molecule has 0 aromatic rings. The normalized spacial score (nSPS) is 11.0. The average molecular weight is 386 g/mol. The summed E-state index contributed by atoms with van der Waals surface area (Å²) >= 11 is 0. The lowest BCUT2D eigenvalue weighted by Gasteiger charge is -2.06. The molecule has 0 aliphatic heterocycles. The molecule has 0 atom stereocenters. The summed E-state index contributed by atoms with van der Waals surface area (Å²) in [6.07, 6.45) is 20.5. The summed E-state index contributed by atoms with van der Waals surface area (Å²) in [6, 6.07) is 0. The van der Waals surface area contributed by atoms with Crippen molar-refractivity contribution in [2.45, 2.75) is 110 Å². The summed E-state index contributed by atoms with van der Waals surface area (Å²) in [7, 11) is 0. The minimum absolute atomic E-state index is 0.150. The summed E-state index contributed by atoms with van der Waals surface area (Å²) in [6.45, 7) is 5.06. The van der Waals surface area contributed by atoms with Crippen molar-refractivity contribution >= 4 is 5.97 Å². The zero-order valence-corrected chi connectivity index (χ0v) is 18.0. The van der Waals surface area contributed by atoms with E-state index in [1.54, 1.807) is 0 Å². The quantitative estimate of drug-likeness (QED) is 0.183. The van der Waals surface area contributed by atoms with Gasteiger partial charge in [-0.05, 0) is 6.42 Å². The number of hydrogen-bond donors (Lipinski definition) is 3. The highest BCUT2D eigenvalue weighted by atomic mass is 16.7. The standard InChI is InChI=1S/C22H47N3O2/c1-2-3-4-5-6-7-8-9-10-11-12-13-14-15-16-17-22(26)27-25-21-20-24-19-18-23/h24-25H,2-21,23H2,1H3. The van der Waals surface area contributed by atoms with Gasteiger partial charge in [-0.3, -0.25) is 4.79 Å². The van der Waals surface area contributed by atoms with Crippen LogP contribution in [0.5, 0.6) is 0 Å². The molecule has 162 valence electrons. The Balaban J connectivity index is 3.10. The minimum Gasteiger partial charge on any atom is -0.371 e. The molecule has 0 radical (unpaired) electrons. The lowest BCUT2D eigenvalue weighted by Crippen LogP contribution is -2.31. The first-order valence-electron chi connectivity index (χ1n) is 11.6. The second-order valence-corrected chi connectivity index (χ2v) is 7.61. The van der Waals surface area contributed by atoms with Gasteiger partial charge in [0.1, 0.15) is 0 Å². The van der Waals surface area contributed by atoms with E-state index in [0.29, 0.717) is 19.5 Å². The molecule has 5 nitrogen and oxygen atoms in total. The molecule has 0 aromatic heterocycles. The summed E-state index contributed by atoms with van der Waals surface area (Å²) in [5, 5.41) is 3.13. The molecule has 4 N–H and O–H groups in total. The zero-order valence-electron chi connectivity index (χ0n) is 18.0. The van der Waals surface area contributed by atoms with Crippen LogP contribution in [0.15, 0.2) is 0 Å². The van der Waals surface area contributed by atoms with E-state index < -0.39 is 0 Å². The number of rotatable bonds is 22. The topological polar surface area (TPSA) is 76.4 Å². The van der Waals surface area contributed by atoms with Crippen molar-refractivity contribution in [2.75, 3.05) is 26.2 Å². The second kappa shape index (κ2) is 23.4. The SMILES string of the molecule is CCCCCCCCCCCCCCCCCC(=O)ONCCNCCN. The van der Waals surface area contributed by atoms with Crippen LogP contribution in [0.25, 0.3) is 0 Å². The lowest BCUT2D eigenvalue weighted by molar-refractivity contribution is -0.151. The molecule has 0 saturated carbocycles. The molecule has 5 heteroatoms. The van der Waals surface area contributed by atoms with Crippen LogP contribution in [0.1, 0.15) is 110 Å². The van der Waals surface area contributed by atoms with Crippen molar-refractivity contribution in [1.82, 2.24) is 10.8 Å². The van der Waals surface area contributed by atoms with Gasteiger partial charge in [0, 0.05) is 32.6 Å².